The average molecular weight is 755 g/mol. The molecule has 0 amide bonds. The van der Waals surface area contributed by atoms with Gasteiger partial charge in [-0.05, 0) is 118 Å². The van der Waals surface area contributed by atoms with Crippen molar-refractivity contribution >= 4 is 49.6 Å². The van der Waals surface area contributed by atoms with E-state index in [1.807, 2.05) is 0 Å². The molecule has 9 aromatic carbocycles. The van der Waals surface area contributed by atoms with Crippen LogP contribution in [0, 0.1) is 0 Å². The van der Waals surface area contributed by atoms with Crippen molar-refractivity contribution in [2.24, 2.45) is 0 Å². The van der Waals surface area contributed by atoms with Crippen molar-refractivity contribution in [1.29, 1.82) is 0 Å². The number of nitrogens with zero attached hydrogens (tertiary/aromatic N) is 2. The number of hydrogen-bond acceptors (Lipinski definition) is 1. The van der Waals surface area contributed by atoms with E-state index in [0.29, 0.717) is 0 Å². The Morgan fingerprint density at radius 3 is 1.61 bits per heavy atom. The highest BCUT2D eigenvalue weighted by molar-refractivity contribution is 6.11. The van der Waals surface area contributed by atoms with Crippen LogP contribution in [0.15, 0.2) is 200 Å². The summed E-state index contributed by atoms with van der Waals surface area (Å²) in [6.45, 7) is 6.94. The second-order valence-corrected chi connectivity index (χ2v) is 17.2. The molecule has 59 heavy (non-hydrogen) atoms. The van der Waals surface area contributed by atoms with Gasteiger partial charge in [-0.15, -0.1) is 0 Å². The molecule has 0 radical (unpaired) electrons. The summed E-state index contributed by atoms with van der Waals surface area (Å²) in [5.41, 5.74) is 18.3. The van der Waals surface area contributed by atoms with E-state index < -0.39 is 5.41 Å². The predicted octanol–water partition coefficient (Wildman–Crippen LogP) is 15.2. The first-order valence-corrected chi connectivity index (χ1v) is 20.8. The molecule has 0 fully saturated rings. The predicted molar refractivity (Wildman–Crippen MR) is 248 cm³/mol. The normalized spacial score (nSPS) is 13.5. The summed E-state index contributed by atoms with van der Waals surface area (Å²) in [6, 6.07) is 74.9. The summed E-state index contributed by atoms with van der Waals surface area (Å²) in [6.07, 6.45) is 0. The summed E-state index contributed by atoms with van der Waals surface area (Å²) in [5, 5.41) is 5.00. The van der Waals surface area contributed by atoms with Crippen LogP contribution in [-0.2, 0) is 11.0 Å². The van der Waals surface area contributed by atoms with Gasteiger partial charge in [0.1, 0.15) is 0 Å². The molecule has 0 saturated carbocycles. The minimum absolute atomic E-state index is 0.141. The van der Waals surface area contributed by atoms with E-state index >= 15 is 0 Å². The number of anilines is 3. The Kier molecular flexibility index (Phi) is 7.14. The highest BCUT2D eigenvalue weighted by Gasteiger charge is 2.51. The lowest BCUT2D eigenvalue weighted by molar-refractivity contribution is 0.423. The van der Waals surface area contributed by atoms with Crippen molar-refractivity contribution in [1.82, 2.24) is 4.57 Å². The minimum Gasteiger partial charge on any atom is -0.335 e. The van der Waals surface area contributed by atoms with Gasteiger partial charge in [-0.25, -0.2) is 0 Å². The second kappa shape index (κ2) is 12.4. The van der Waals surface area contributed by atoms with Crippen LogP contribution in [0.3, 0.4) is 0 Å². The van der Waals surface area contributed by atoms with Crippen molar-refractivity contribution in [3.63, 3.8) is 0 Å². The molecule has 1 aromatic heterocycles. The first-order valence-electron chi connectivity index (χ1n) is 20.8. The van der Waals surface area contributed by atoms with E-state index in [-0.39, 0.29) is 5.54 Å². The lowest BCUT2D eigenvalue weighted by Crippen LogP contribution is -2.26. The Bertz CT molecular complexity index is 3260. The molecular formula is C57H42N2. The maximum atomic E-state index is 2.53. The van der Waals surface area contributed by atoms with Crippen molar-refractivity contribution in [3.8, 4) is 33.4 Å². The van der Waals surface area contributed by atoms with Gasteiger partial charge in [0.15, 0.2) is 0 Å². The fraction of sp³-hybridized carbons (Fsp3) is 0.0877. The van der Waals surface area contributed by atoms with Crippen LogP contribution in [0.1, 0.15) is 43.0 Å². The molecule has 0 saturated heterocycles. The van der Waals surface area contributed by atoms with Gasteiger partial charge in [-0.3, -0.25) is 0 Å². The number of fused-ring (bicyclic) bond motifs is 14. The fourth-order valence-electron chi connectivity index (χ4n) is 10.8. The molecule has 1 heterocycles. The molecule has 0 N–H and O–H groups in total. The highest BCUT2D eigenvalue weighted by Crippen LogP contribution is 2.63. The molecule has 12 rings (SSSR count). The van der Waals surface area contributed by atoms with Crippen LogP contribution in [0.4, 0.5) is 17.1 Å². The van der Waals surface area contributed by atoms with E-state index in [1.54, 1.807) is 0 Å². The second-order valence-electron chi connectivity index (χ2n) is 17.2. The largest absolute Gasteiger partial charge is 0.335 e. The van der Waals surface area contributed by atoms with Crippen LogP contribution < -0.4 is 4.90 Å². The van der Waals surface area contributed by atoms with Gasteiger partial charge in [0.25, 0.3) is 0 Å². The van der Waals surface area contributed by atoms with Gasteiger partial charge in [0.05, 0.1) is 16.6 Å². The third kappa shape index (κ3) is 4.69. The van der Waals surface area contributed by atoms with Gasteiger partial charge in [0, 0.05) is 38.8 Å². The van der Waals surface area contributed by atoms with Crippen LogP contribution >= 0.6 is 0 Å². The minimum atomic E-state index is -0.449. The third-order valence-corrected chi connectivity index (χ3v) is 13.0. The van der Waals surface area contributed by atoms with E-state index in [9.17, 15) is 0 Å². The van der Waals surface area contributed by atoms with Gasteiger partial charge < -0.3 is 9.47 Å². The molecule has 1 spiro atoms. The van der Waals surface area contributed by atoms with E-state index in [2.05, 4.69) is 230 Å². The molecule has 0 aliphatic heterocycles. The number of hydrogen-bond donors (Lipinski definition) is 0. The number of para-hydroxylation sites is 1. The van der Waals surface area contributed by atoms with Crippen LogP contribution in [0.5, 0.6) is 0 Å². The maximum absolute atomic E-state index is 2.53. The maximum Gasteiger partial charge on any atom is 0.0726 e. The molecule has 280 valence electrons. The molecule has 2 nitrogen and oxygen atoms in total. The Morgan fingerprint density at radius 2 is 0.932 bits per heavy atom. The zero-order chi connectivity index (χ0) is 39.5. The number of aromatic nitrogens is 1. The van der Waals surface area contributed by atoms with Crippen molar-refractivity contribution in [2.75, 3.05) is 4.90 Å². The first kappa shape index (κ1) is 33.9. The standard InChI is InChI=1S/C57H42N2/c1-56(2,3)59-52-28-16-12-24-46(52)47-33-31-40(36-54(47)59)58(53-34-29-37-17-7-8-20-41(37)55(53)38-18-5-4-6-19-38)39-30-32-45-44-23-11-15-27-50(44)57(51(45)35-39)48-25-13-9-21-42(48)43-22-10-14-26-49(43)57/h4-36H,1-3H3. The van der Waals surface area contributed by atoms with Gasteiger partial charge in [0.2, 0.25) is 0 Å². The molecule has 2 aliphatic carbocycles. The van der Waals surface area contributed by atoms with Gasteiger partial charge in [-0.1, -0.05) is 164 Å². The smallest absolute Gasteiger partial charge is 0.0726 e. The molecule has 2 heteroatoms. The summed E-state index contributed by atoms with van der Waals surface area (Å²) in [4.78, 5) is 2.53. The zero-order valence-corrected chi connectivity index (χ0v) is 33.4. The topological polar surface area (TPSA) is 8.17 Å². The SMILES string of the molecule is CC(C)(C)n1c2ccccc2c2ccc(N(c3ccc4c(c3)C3(c5ccccc5-c5ccccc53)c3ccccc3-4)c3ccc4ccccc4c3-c3ccccc3)cc21. The molecule has 2 aliphatic rings. The molecule has 0 atom stereocenters. The molecule has 0 unspecified atom stereocenters. The van der Waals surface area contributed by atoms with E-state index in [0.717, 1.165) is 17.1 Å². The molecule has 0 bridgehead atoms. The summed E-state index contributed by atoms with van der Waals surface area (Å²) < 4.78 is 2.53. The van der Waals surface area contributed by atoms with Gasteiger partial charge in [-0.2, -0.15) is 0 Å². The Balaban J connectivity index is 1.19. The van der Waals surface area contributed by atoms with E-state index in [1.165, 1.54) is 88.2 Å². The number of rotatable bonds is 4. The molecular weight excluding hydrogens is 713 g/mol. The zero-order valence-electron chi connectivity index (χ0n) is 33.4. The van der Waals surface area contributed by atoms with Crippen molar-refractivity contribution in [3.05, 3.63) is 222 Å². The Hall–Kier alpha value is -7.16. The monoisotopic (exact) mass is 754 g/mol. The van der Waals surface area contributed by atoms with Crippen LogP contribution in [0.2, 0.25) is 0 Å². The lowest BCUT2D eigenvalue weighted by Gasteiger charge is -2.33. The summed E-state index contributed by atoms with van der Waals surface area (Å²) >= 11 is 0. The number of benzene rings is 9. The fourth-order valence-corrected chi connectivity index (χ4v) is 10.8. The average Bonchev–Trinajstić information content (AvgIpc) is 3.88. The molecule has 10 aromatic rings. The third-order valence-electron chi connectivity index (χ3n) is 13.0. The summed E-state index contributed by atoms with van der Waals surface area (Å²) in [7, 11) is 0. The highest BCUT2D eigenvalue weighted by atomic mass is 15.1. The van der Waals surface area contributed by atoms with E-state index in [4.69, 9.17) is 0 Å². The van der Waals surface area contributed by atoms with Crippen LogP contribution in [0.25, 0.3) is 66.0 Å². The Labute approximate surface area is 345 Å². The van der Waals surface area contributed by atoms with Gasteiger partial charge >= 0.3 is 0 Å². The summed E-state index contributed by atoms with van der Waals surface area (Å²) in [5.74, 6) is 0. The van der Waals surface area contributed by atoms with Crippen LogP contribution in [-0.4, -0.2) is 4.57 Å². The quantitative estimate of drug-likeness (QED) is 0.174. The Morgan fingerprint density at radius 1 is 0.407 bits per heavy atom. The first-order chi connectivity index (χ1) is 28.9. The lowest BCUT2D eigenvalue weighted by atomic mass is 9.70. The van der Waals surface area contributed by atoms with Crippen molar-refractivity contribution in [2.45, 2.75) is 31.7 Å². The van der Waals surface area contributed by atoms with Crippen molar-refractivity contribution < 1.29 is 0 Å².